The number of benzene rings is 1. The van der Waals surface area contributed by atoms with Crippen molar-refractivity contribution in [2.24, 2.45) is 11.0 Å². The molecule has 0 spiro atoms. The number of nitrogens with zero attached hydrogens (tertiary/aromatic N) is 1. The van der Waals surface area contributed by atoms with E-state index < -0.39 is 17.6 Å². The molecule has 2 N–H and O–H groups in total. The molecule has 0 saturated heterocycles. The average molecular weight is 329 g/mol. The Morgan fingerprint density at radius 2 is 1.91 bits per heavy atom. The highest BCUT2D eigenvalue weighted by Gasteiger charge is 2.30. The van der Waals surface area contributed by atoms with Crippen LogP contribution < -0.4 is 10.7 Å². The van der Waals surface area contributed by atoms with Gasteiger partial charge in [0.05, 0.1) is 12.0 Å². The SMILES string of the molecule is C/C(CC(=O)Nc1cccc(C(F)(F)F)c1)=N/NC(=O)C(C)C. The van der Waals surface area contributed by atoms with Gasteiger partial charge in [0.25, 0.3) is 0 Å². The van der Waals surface area contributed by atoms with E-state index in [1.165, 1.54) is 19.1 Å². The van der Waals surface area contributed by atoms with Crippen LogP contribution in [0.4, 0.5) is 18.9 Å². The lowest BCUT2D eigenvalue weighted by atomic mass is 10.2. The van der Waals surface area contributed by atoms with Crippen molar-refractivity contribution in [3.8, 4) is 0 Å². The van der Waals surface area contributed by atoms with Crippen molar-refractivity contribution in [1.82, 2.24) is 5.43 Å². The van der Waals surface area contributed by atoms with Crippen molar-refractivity contribution < 1.29 is 22.8 Å². The quantitative estimate of drug-likeness (QED) is 0.643. The van der Waals surface area contributed by atoms with Gasteiger partial charge in [0.2, 0.25) is 11.8 Å². The summed E-state index contributed by atoms with van der Waals surface area (Å²) in [6, 6.07) is 4.34. The van der Waals surface area contributed by atoms with Gasteiger partial charge < -0.3 is 5.32 Å². The molecule has 126 valence electrons. The predicted molar refractivity (Wildman–Crippen MR) is 80.8 cm³/mol. The van der Waals surface area contributed by atoms with E-state index in [-0.39, 0.29) is 23.9 Å². The lowest BCUT2D eigenvalue weighted by Gasteiger charge is -2.10. The fourth-order valence-corrected chi connectivity index (χ4v) is 1.53. The smallest absolute Gasteiger partial charge is 0.326 e. The first kappa shape index (κ1) is 18.7. The lowest BCUT2D eigenvalue weighted by Crippen LogP contribution is -2.25. The Labute approximate surface area is 132 Å². The number of hydrogen-bond donors (Lipinski definition) is 2. The minimum atomic E-state index is -4.47. The lowest BCUT2D eigenvalue weighted by molar-refractivity contribution is -0.137. The number of anilines is 1. The molecule has 5 nitrogen and oxygen atoms in total. The van der Waals surface area contributed by atoms with E-state index >= 15 is 0 Å². The van der Waals surface area contributed by atoms with Crippen molar-refractivity contribution in [2.75, 3.05) is 5.32 Å². The molecule has 23 heavy (non-hydrogen) atoms. The summed E-state index contributed by atoms with van der Waals surface area (Å²) in [5, 5.41) is 6.12. The molecule has 1 aromatic carbocycles. The standard InChI is InChI=1S/C15H18F3N3O2/c1-9(2)14(23)21-20-10(3)7-13(22)19-12-6-4-5-11(8-12)15(16,17)18/h4-6,8-9H,7H2,1-3H3,(H,19,22)(H,21,23)/b20-10-. The average Bonchev–Trinajstić information content (AvgIpc) is 2.43. The van der Waals surface area contributed by atoms with Gasteiger partial charge in [-0.15, -0.1) is 0 Å². The maximum atomic E-state index is 12.6. The van der Waals surface area contributed by atoms with Gasteiger partial charge in [-0.3, -0.25) is 9.59 Å². The van der Waals surface area contributed by atoms with Crippen molar-refractivity contribution in [3.63, 3.8) is 0 Å². The maximum Gasteiger partial charge on any atom is 0.416 e. The van der Waals surface area contributed by atoms with E-state index in [2.05, 4.69) is 15.8 Å². The third kappa shape index (κ3) is 6.50. The van der Waals surface area contributed by atoms with Gasteiger partial charge >= 0.3 is 6.18 Å². The fourth-order valence-electron chi connectivity index (χ4n) is 1.53. The third-order valence-electron chi connectivity index (χ3n) is 2.77. The zero-order valence-electron chi connectivity index (χ0n) is 13.0. The Morgan fingerprint density at radius 1 is 1.26 bits per heavy atom. The van der Waals surface area contributed by atoms with Crippen LogP contribution in [0.2, 0.25) is 0 Å². The molecule has 2 amide bonds. The minimum Gasteiger partial charge on any atom is -0.326 e. The first-order valence-corrected chi connectivity index (χ1v) is 6.89. The molecule has 0 bridgehead atoms. The van der Waals surface area contributed by atoms with Gasteiger partial charge in [0.1, 0.15) is 0 Å². The summed E-state index contributed by atoms with van der Waals surface area (Å²) in [6.07, 6.45) is -4.62. The monoisotopic (exact) mass is 329 g/mol. The summed E-state index contributed by atoms with van der Waals surface area (Å²) in [5.74, 6) is -1.06. The zero-order chi connectivity index (χ0) is 17.6. The predicted octanol–water partition coefficient (Wildman–Crippen LogP) is 3.18. The molecule has 0 aliphatic rings. The molecule has 0 unspecified atom stereocenters. The van der Waals surface area contributed by atoms with Crippen LogP contribution in [0.3, 0.4) is 0 Å². The number of amides is 2. The summed E-state index contributed by atoms with van der Waals surface area (Å²) < 4.78 is 37.8. The minimum absolute atomic E-state index is 0.0452. The number of rotatable bonds is 5. The first-order chi connectivity index (χ1) is 10.6. The molecule has 0 fully saturated rings. The molecule has 0 atom stereocenters. The second-order valence-electron chi connectivity index (χ2n) is 5.28. The van der Waals surface area contributed by atoms with Crippen molar-refractivity contribution in [2.45, 2.75) is 33.4 Å². The van der Waals surface area contributed by atoms with Crippen molar-refractivity contribution >= 4 is 23.2 Å². The molecular weight excluding hydrogens is 311 g/mol. The molecule has 0 aliphatic carbocycles. The number of hydrogen-bond acceptors (Lipinski definition) is 3. The Balaban J connectivity index is 2.63. The van der Waals surface area contributed by atoms with Crippen LogP contribution in [-0.4, -0.2) is 17.5 Å². The number of alkyl halides is 3. The largest absolute Gasteiger partial charge is 0.416 e. The van der Waals surface area contributed by atoms with Crippen LogP contribution in [0.5, 0.6) is 0 Å². The van der Waals surface area contributed by atoms with E-state index in [4.69, 9.17) is 0 Å². The Hall–Kier alpha value is -2.38. The van der Waals surface area contributed by atoms with E-state index in [0.29, 0.717) is 5.71 Å². The molecular formula is C15H18F3N3O2. The second-order valence-corrected chi connectivity index (χ2v) is 5.28. The number of hydrazone groups is 1. The van der Waals surface area contributed by atoms with Gasteiger partial charge in [-0.2, -0.15) is 18.3 Å². The molecule has 8 heteroatoms. The van der Waals surface area contributed by atoms with Crippen LogP contribution in [0.1, 0.15) is 32.8 Å². The summed E-state index contributed by atoms with van der Waals surface area (Å²) in [4.78, 5) is 23.1. The topological polar surface area (TPSA) is 70.6 Å². The summed E-state index contributed by atoms with van der Waals surface area (Å²) in [5.41, 5.74) is 1.84. The molecule has 0 radical (unpaired) electrons. The maximum absolute atomic E-state index is 12.6. The Morgan fingerprint density at radius 3 is 2.48 bits per heavy atom. The van der Waals surface area contributed by atoms with E-state index in [1.54, 1.807) is 13.8 Å². The zero-order valence-corrected chi connectivity index (χ0v) is 13.0. The third-order valence-corrected chi connectivity index (χ3v) is 2.77. The Bertz CT molecular complexity index is 610. The van der Waals surface area contributed by atoms with Crippen LogP contribution in [0.25, 0.3) is 0 Å². The number of carbonyl (C=O) groups is 2. The molecule has 0 heterocycles. The van der Waals surface area contributed by atoms with Gasteiger partial charge in [-0.1, -0.05) is 19.9 Å². The molecule has 0 aliphatic heterocycles. The van der Waals surface area contributed by atoms with Crippen molar-refractivity contribution in [3.05, 3.63) is 29.8 Å². The highest BCUT2D eigenvalue weighted by molar-refractivity contribution is 6.05. The summed E-state index contributed by atoms with van der Waals surface area (Å²) in [6.45, 7) is 4.92. The Kier molecular flexibility index (Phi) is 6.29. The first-order valence-electron chi connectivity index (χ1n) is 6.89. The van der Waals surface area contributed by atoms with E-state index in [0.717, 1.165) is 12.1 Å². The molecule has 0 aromatic heterocycles. The number of carbonyl (C=O) groups excluding carboxylic acids is 2. The normalized spacial score (nSPS) is 12.2. The van der Waals surface area contributed by atoms with Crippen molar-refractivity contribution in [1.29, 1.82) is 0 Å². The second kappa shape index (κ2) is 7.75. The number of halogens is 3. The highest BCUT2D eigenvalue weighted by atomic mass is 19.4. The fraction of sp³-hybridized carbons (Fsp3) is 0.400. The van der Waals surface area contributed by atoms with Crippen LogP contribution in [0, 0.1) is 5.92 Å². The van der Waals surface area contributed by atoms with Gasteiger partial charge in [-0.25, -0.2) is 5.43 Å². The highest BCUT2D eigenvalue weighted by Crippen LogP contribution is 2.30. The van der Waals surface area contributed by atoms with Crippen LogP contribution in [-0.2, 0) is 15.8 Å². The van der Waals surface area contributed by atoms with Gasteiger partial charge in [0, 0.05) is 17.3 Å². The van der Waals surface area contributed by atoms with Gasteiger partial charge in [-0.05, 0) is 25.1 Å². The van der Waals surface area contributed by atoms with Gasteiger partial charge in [0.15, 0.2) is 0 Å². The number of nitrogens with one attached hydrogen (secondary N) is 2. The summed E-state index contributed by atoms with van der Waals surface area (Å²) >= 11 is 0. The van der Waals surface area contributed by atoms with Crippen LogP contribution >= 0.6 is 0 Å². The molecule has 0 saturated carbocycles. The van der Waals surface area contributed by atoms with E-state index in [9.17, 15) is 22.8 Å². The molecule has 1 rings (SSSR count). The molecule has 1 aromatic rings. The van der Waals surface area contributed by atoms with E-state index in [1.807, 2.05) is 0 Å². The van der Waals surface area contributed by atoms with Crippen LogP contribution in [0.15, 0.2) is 29.4 Å². The summed E-state index contributed by atoms with van der Waals surface area (Å²) in [7, 11) is 0.